The van der Waals surface area contributed by atoms with Crippen LogP contribution in [0.15, 0.2) is 24.3 Å². The molecule has 2 rings (SSSR count). The van der Waals surface area contributed by atoms with Crippen molar-refractivity contribution in [2.45, 2.75) is 37.6 Å². The predicted octanol–water partition coefficient (Wildman–Crippen LogP) is 2.46. The Bertz CT molecular complexity index is 479. The molecule has 0 bridgehead atoms. The molecule has 0 spiro atoms. The molecule has 0 aromatic heterocycles. The largest absolute Gasteiger partial charge is 0.337 e. The summed E-state index contributed by atoms with van der Waals surface area (Å²) in [6.07, 6.45) is 2.92. The summed E-state index contributed by atoms with van der Waals surface area (Å²) in [6.45, 7) is 5.51. The lowest BCUT2D eigenvalue weighted by Crippen LogP contribution is -2.54. The molecule has 2 N–H and O–H groups in total. The Kier molecular flexibility index (Phi) is 5.92. The number of hydrogen-bond acceptors (Lipinski definition) is 3. The summed E-state index contributed by atoms with van der Waals surface area (Å²) in [5, 5.41) is 0. The predicted molar refractivity (Wildman–Crippen MR) is 88.4 cm³/mol. The van der Waals surface area contributed by atoms with E-state index in [0.29, 0.717) is 6.54 Å². The van der Waals surface area contributed by atoms with E-state index in [0.717, 1.165) is 13.0 Å². The first-order valence-electron chi connectivity index (χ1n) is 6.62. The van der Waals surface area contributed by atoms with Crippen LogP contribution in [0.3, 0.4) is 0 Å². The van der Waals surface area contributed by atoms with E-state index in [4.69, 9.17) is 5.73 Å². The first kappa shape index (κ1) is 17.3. The second-order valence-electron chi connectivity index (χ2n) is 5.56. The number of carbonyl (C=O) groups is 1. The van der Waals surface area contributed by atoms with Crippen LogP contribution in [0.4, 0.5) is 0 Å². The Hall–Kier alpha value is -0.710. The number of amides is 1. The molecule has 1 heterocycles. The molecule has 1 amide bonds. The van der Waals surface area contributed by atoms with E-state index >= 15 is 0 Å². The minimum absolute atomic E-state index is 0. The van der Waals surface area contributed by atoms with Gasteiger partial charge in [-0.2, -0.15) is 11.8 Å². The number of nitrogens with two attached hydrogens (primary N) is 1. The number of benzene rings is 1. The molecule has 1 aromatic carbocycles. The Morgan fingerprint density at radius 1 is 1.35 bits per heavy atom. The summed E-state index contributed by atoms with van der Waals surface area (Å²) in [5.41, 5.74) is 8.74. The maximum absolute atomic E-state index is 12.5. The standard InChI is InChI=1S/C15H22N2OS.ClH/c1-15(2,19-3)13(16)14(18)17-9-8-11-6-4-5-7-12(11)10-17;/h4-7,13H,8-10,16H2,1-3H3;1H/t13-;/m1./s1. The lowest BCUT2D eigenvalue weighted by Gasteiger charge is -2.35. The van der Waals surface area contributed by atoms with Gasteiger partial charge in [-0.3, -0.25) is 4.79 Å². The zero-order valence-electron chi connectivity index (χ0n) is 12.3. The van der Waals surface area contributed by atoms with Gasteiger partial charge < -0.3 is 10.6 Å². The number of halogens is 1. The molecule has 0 radical (unpaired) electrons. The Morgan fingerprint density at radius 2 is 1.95 bits per heavy atom. The smallest absolute Gasteiger partial charge is 0.241 e. The van der Waals surface area contributed by atoms with Gasteiger partial charge in [0.25, 0.3) is 0 Å². The number of rotatable bonds is 3. The van der Waals surface area contributed by atoms with Gasteiger partial charge in [-0.25, -0.2) is 0 Å². The summed E-state index contributed by atoms with van der Waals surface area (Å²) in [5.74, 6) is 0.0638. The van der Waals surface area contributed by atoms with Crippen LogP contribution in [0.25, 0.3) is 0 Å². The van der Waals surface area contributed by atoms with Crippen LogP contribution < -0.4 is 5.73 Å². The van der Waals surface area contributed by atoms with E-state index in [1.165, 1.54) is 11.1 Å². The molecule has 0 saturated heterocycles. The van der Waals surface area contributed by atoms with Crippen molar-refractivity contribution >= 4 is 30.1 Å². The van der Waals surface area contributed by atoms with Crippen molar-refractivity contribution in [3.8, 4) is 0 Å². The van der Waals surface area contributed by atoms with Crippen LogP contribution in [0.1, 0.15) is 25.0 Å². The van der Waals surface area contributed by atoms with E-state index in [9.17, 15) is 4.79 Å². The quantitative estimate of drug-likeness (QED) is 0.932. The van der Waals surface area contributed by atoms with Crippen molar-refractivity contribution in [3.63, 3.8) is 0 Å². The van der Waals surface area contributed by atoms with Gasteiger partial charge in [-0.1, -0.05) is 24.3 Å². The van der Waals surface area contributed by atoms with Crippen molar-refractivity contribution in [1.29, 1.82) is 0 Å². The van der Waals surface area contributed by atoms with E-state index in [1.54, 1.807) is 11.8 Å². The number of fused-ring (bicyclic) bond motifs is 1. The monoisotopic (exact) mass is 314 g/mol. The van der Waals surface area contributed by atoms with Crippen molar-refractivity contribution in [3.05, 3.63) is 35.4 Å². The van der Waals surface area contributed by atoms with Gasteiger partial charge in [-0.15, -0.1) is 12.4 Å². The van der Waals surface area contributed by atoms with Gasteiger partial charge >= 0.3 is 0 Å². The van der Waals surface area contributed by atoms with Crippen molar-refractivity contribution in [1.82, 2.24) is 4.90 Å². The zero-order chi connectivity index (χ0) is 14.0. The number of thioether (sulfide) groups is 1. The Labute approximate surface area is 131 Å². The van der Waals surface area contributed by atoms with E-state index < -0.39 is 6.04 Å². The fourth-order valence-electron chi connectivity index (χ4n) is 2.30. The molecule has 0 fully saturated rings. The van der Waals surface area contributed by atoms with Crippen LogP contribution in [0.5, 0.6) is 0 Å². The highest BCUT2D eigenvalue weighted by Crippen LogP contribution is 2.27. The molecular weight excluding hydrogens is 292 g/mol. The topological polar surface area (TPSA) is 46.3 Å². The number of carbonyl (C=O) groups excluding carboxylic acids is 1. The SMILES string of the molecule is CSC(C)(C)[C@H](N)C(=O)N1CCc2ccccc2C1.Cl. The molecular formula is C15H23ClN2OS. The summed E-state index contributed by atoms with van der Waals surface area (Å²) < 4.78 is -0.228. The summed E-state index contributed by atoms with van der Waals surface area (Å²) in [7, 11) is 0. The molecule has 112 valence electrons. The number of hydrogen-bond donors (Lipinski definition) is 1. The highest BCUT2D eigenvalue weighted by molar-refractivity contribution is 8.00. The third-order valence-electron chi connectivity index (χ3n) is 3.98. The Morgan fingerprint density at radius 3 is 2.55 bits per heavy atom. The van der Waals surface area contributed by atoms with Crippen LogP contribution in [-0.2, 0) is 17.8 Å². The highest BCUT2D eigenvalue weighted by Gasteiger charge is 2.35. The van der Waals surface area contributed by atoms with Gasteiger partial charge in [0.15, 0.2) is 0 Å². The van der Waals surface area contributed by atoms with E-state index in [2.05, 4.69) is 18.2 Å². The molecule has 0 saturated carbocycles. The lowest BCUT2D eigenvalue weighted by atomic mass is 9.97. The maximum Gasteiger partial charge on any atom is 0.241 e. The minimum Gasteiger partial charge on any atom is -0.337 e. The minimum atomic E-state index is -0.451. The first-order chi connectivity index (χ1) is 8.95. The first-order valence-corrected chi connectivity index (χ1v) is 7.84. The third-order valence-corrected chi connectivity index (χ3v) is 5.29. The van der Waals surface area contributed by atoms with Crippen LogP contribution >= 0.6 is 24.2 Å². The van der Waals surface area contributed by atoms with Crippen LogP contribution in [0.2, 0.25) is 0 Å². The number of nitrogens with zero attached hydrogens (tertiary/aromatic N) is 1. The van der Waals surface area contributed by atoms with Gasteiger partial charge in [0, 0.05) is 17.8 Å². The van der Waals surface area contributed by atoms with Gasteiger partial charge in [0.1, 0.15) is 0 Å². The molecule has 1 aromatic rings. The second-order valence-corrected chi connectivity index (χ2v) is 7.02. The molecule has 3 nitrogen and oxygen atoms in total. The average Bonchev–Trinajstić information content (AvgIpc) is 2.45. The van der Waals surface area contributed by atoms with Crippen molar-refractivity contribution < 1.29 is 4.79 Å². The summed E-state index contributed by atoms with van der Waals surface area (Å²) in [4.78, 5) is 14.4. The normalized spacial score (nSPS) is 16.1. The average molecular weight is 315 g/mol. The molecule has 5 heteroatoms. The lowest BCUT2D eigenvalue weighted by molar-refractivity contribution is -0.134. The van der Waals surface area contributed by atoms with E-state index in [-0.39, 0.29) is 23.1 Å². The van der Waals surface area contributed by atoms with Gasteiger partial charge in [0.2, 0.25) is 5.91 Å². The molecule has 0 aliphatic carbocycles. The fraction of sp³-hybridized carbons (Fsp3) is 0.533. The zero-order valence-corrected chi connectivity index (χ0v) is 13.9. The third kappa shape index (κ3) is 3.48. The maximum atomic E-state index is 12.5. The Balaban J connectivity index is 0.00000200. The van der Waals surface area contributed by atoms with Crippen LogP contribution in [0, 0.1) is 0 Å². The molecule has 1 aliphatic rings. The fourth-order valence-corrected chi connectivity index (χ4v) is 2.66. The van der Waals surface area contributed by atoms with Crippen molar-refractivity contribution in [2.75, 3.05) is 12.8 Å². The molecule has 1 atom stereocenters. The van der Waals surface area contributed by atoms with Gasteiger partial charge in [0.05, 0.1) is 6.04 Å². The van der Waals surface area contributed by atoms with Gasteiger partial charge in [-0.05, 0) is 37.7 Å². The summed E-state index contributed by atoms with van der Waals surface area (Å²) in [6, 6.07) is 7.87. The second kappa shape index (κ2) is 6.83. The molecule has 0 unspecified atom stereocenters. The molecule has 1 aliphatic heterocycles. The summed E-state index contributed by atoms with van der Waals surface area (Å²) >= 11 is 1.64. The van der Waals surface area contributed by atoms with E-state index in [1.807, 2.05) is 31.1 Å². The molecule has 20 heavy (non-hydrogen) atoms. The van der Waals surface area contributed by atoms with Crippen LogP contribution in [-0.4, -0.2) is 34.4 Å². The highest BCUT2D eigenvalue weighted by atomic mass is 35.5. The van der Waals surface area contributed by atoms with Crippen molar-refractivity contribution in [2.24, 2.45) is 5.73 Å².